The van der Waals surface area contributed by atoms with E-state index in [-0.39, 0.29) is 6.42 Å². The molecule has 1 N–H and O–H groups in total. The Morgan fingerprint density at radius 2 is 1.92 bits per heavy atom. The number of aryl methyl sites for hydroxylation is 1. The predicted molar refractivity (Wildman–Crippen MR) is 98.8 cm³/mol. The van der Waals surface area contributed by atoms with Crippen molar-refractivity contribution in [3.05, 3.63) is 29.5 Å². The van der Waals surface area contributed by atoms with Crippen LogP contribution >= 0.6 is 11.3 Å². The lowest BCUT2D eigenvalue weighted by Crippen LogP contribution is -2.11. The maximum absolute atomic E-state index is 10.7. The SMILES string of the molecule is COc1cc2ncnc(N(C)c3ncc(CCC(=O)O)s3)c2cc1OC. The second kappa shape index (κ2) is 7.52. The van der Waals surface area contributed by atoms with Crippen molar-refractivity contribution in [2.75, 3.05) is 26.2 Å². The Hall–Kier alpha value is -2.94. The molecule has 8 nitrogen and oxygen atoms in total. The highest BCUT2D eigenvalue weighted by molar-refractivity contribution is 7.15. The number of thiazole rings is 1. The van der Waals surface area contributed by atoms with Gasteiger partial charge < -0.3 is 19.5 Å². The largest absolute Gasteiger partial charge is 0.493 e. The zero-order valence-corrected chi connectivity index (χ0v) is 15.4. The normalized spacial score (nSPS) is 10.7. The van der Waals surface area contributed by atoms with Crippen molar-refractivity contribution >= 4 is 39.2 Å². The van der Waals surface area contributed by atoms with E-state index in [1.807, 2.05) is 18.0 Å². The van der Waals surface area contributed by atoms with Crippen LogP contribution in [0.3, 0.4) is 0 Å². The molecular formula is C17H18N4O4S. The van der Waals surface area contributed by atoms with E-state index in [1.54, 1.807) is 26.5 Å². The van der Waals surface area contributed by atoms with Crippen LogP contribution in [0, 0.1) is 0 Å². The number of carbonyl (C=O) groups is 1. The number of anilines is 2. The van der Waals surface area contributed by atoms with E-state index in [9.17, 15) is 4.79 Å². The molecule has 0 amide bonds. The zero-order chi connectivity index (χ0) is 18.7. The van der Waals surface area contributed by atoms with Gasteiger partial charge >= 0.3 is 5.97 Å². The van der Waals surface area contributed by atoms with Gasteiger partial charge in [0, 0.05) is 29.6 Å². The number of hydrogen-bond acceptors (Lipinski definition) is 8. The summed E-state index contributed by atoms with van der Waals surface area (Å²) in [5.41, 5.74) is 0.724. The van der Waals surface area contributed by atoms with E-state index in [0.29, 0.717) is 23.7 Å². The number of methoxy groups -OCH3 is 2. The Kier molecular flexibility index (Phi) is 5.17. The van der Waals surface area contributed by atoms with Crippen molar-refractivity contribution < 1.29 is 19.4 Å². The van der Waals surface area contributed by atoms with Gasteiger partial charge in [0.2, 0.25) is 0 Å². The van der Waals surface area contributed by atoms with Gasteiger partial charge in [0.25, 0.3) is 0 Å². The van der Waals surface area contributed by atoms with Crippen LogP contribution in [0.4, 0.5) is 10.9 Å². The van der Waals surface area contributed by atoms with E-state index in [0.717, 1.165) is 20.9 Å². The Labute approximate surface area is 154 Å². The summed E-state index contributed by atoms with van der Waals surface area (Å²) in [6, 6.07) is 3.63. The molecular weight excluding hydrogens is 356 g/mol. The van der Waals surface area contributed by atoms with E-state index >= 15 is 0 Å². The van der Waals surface area contributed by atoms with Crippen LogP contribution in [0.25, 0.3) is 10.9 Å². The lowest BCUT2D eigenvalue weighted by molar-refractivity contribution is -0.136. The van der Waals surface area contributed by atoms with Crippen LogP contribution in [-0.4, -0.2) is 47.3 Å². The number of carboxylic acids is 1. The molecule has 0 radical (unpaired) electrons. The summed E-state index contributed by atoms with van der Waals surface area (Å²) in [5, 5.41) is 10.3. The lowest BCUT2D eigenvalue weighted by Gasteiger charge is -2.17. The van der Waals surface area contributed by atoms with Gasteiger partial charge in [-0.1, -0.05) is 0 Å². The number of ether oxygens (including phenoxy) is 2. The highest BCUT2D eigenvalue weighted by atomic mass is 32.1. The Bertz CT molecular complexity index is 944. The molecule has 0 atom stereocenters. The molecule has 0 saturated carbocycles. The minimum Gasteiger partial charge on any atom is -0.493 e. The third kappa shape index (κ3) is 3.52. The third-order valence-electron chi connectivity index (χ3n) is 3.85. The van der Waals surface area contributed by atoms with Crippen LogP contribution in [-0.2, 0) is 11.2 Å². The number of aromatic nitrogens is 3. The van der Waals surface area contributed by atoms with Crippen LogP contribution < -0.4 is 14.4 Å². The van der Waals surface area contributed by atoms with Crippen molar-refractivity contribution in [1.29, 1.82) is 0 Å². The second-order valence-electron chi connectivity index (χ2n) is 5.48. The first kappa shape index (κ1) is 17.9. The van der Waals surface area contributed by atoms with Gasteiger partial charge in [-0.3, -0.25) is 4.79 Å². The van der Waals surface area contributed by atoms with Crippen LogP contribution in [0.5, 0.6) is 11.5 Å². The monoisotopic (exact) mass is 374 g/mol. The van der Waals surface area contributed by atoms with E-state index in [1.165, 1.54) is 17.7 Å². The molecule has 0 aliphatic heterocycles. The summed E-state index contributed by atoms with van der Waals surface area (Å²) in [6.45, 7) is 0. The number of carboxylic acid groups (broad SMARTS) is 1. The first-order chi connectivity index (χ1) is 12.5. The van der Waals surface area contributed by atoms with Crippen molar-refractivity contribution in [3.8, 4) is 11.5 Å². The molecule has 0 unspecified atom stereocenters. The summed E-state index contributed by atoms with van der Waals surface area (Å²) in [7, 11) is 5.01. The smallest absolute Gasteiger partial charge is 0.303 e. The Morgan fingerprint density at radius 3 is 2.62 bits per heavy atom. The number of nitrogens with zero attached hydrogens (tertiary/aromatic N) is 4. The number of hydrogen-bond donors (Lipinski definition) is 1. The molecule has 9 heteroatoms. The highest BCUT2D eigenvalue weighted by Gasteiger charge is 2.17. The fourth-order valence-corrected chi connectivity index (χ4v) is 3.40. The molecule has 0 aliphatic rings. The van der Waals surface area contributed by atoms with Crippen molar-refractivity contribution in [3.63, 3.8) is 0 Å². The lowest BCUT2D eigenvalue weighted by atomic mass is 10.2. The van der Waals surface area contributed by atoms with Gasteiger partial charge in [-0.15, -0.1) is 11.3 Å². The first-order valence-electron chi connectivity index (χ1n) is 7.80. The van der Waals surface area contributed by atoms with Gasteiger partial charge in [0.05, 0.1) is 26.2 Å². The molecule has 1 aromatic carbocycles. The number of fused-ring (bicyclic) bond motifs is 1. The molecule has 0 spiro atoms. The maximum Gasteiger partial charge on any atom is 0.303 e. The third-order valence-corrected chi connectivity index (χ3v) is 4.98. The summed E-state index contributed by atoms with van der Waals surface area (Å²) in [5.74, 6) is 1.04. The van der Waals surface area contributed by atoms with Crippen LogP contribution in [0.2, 0.25) is 0 Å². The minimum absolute atomic E-state index is 0.0821. The van der Waals surface area contributed by atoms with Crippen LogP contribution in [0.1, 0.15) is 11.3 Å². The summed E-state index contributed by atoms with van der Waals surface area (Å²) >= 11 is 1.44. The zero-order valence-electron chi connectivity index (χ0n) is 14.6. The molecule has 0 saturated heterocycles. The predicted octanol–water partition coefficient (Wildman–Crippen LogP) is 2.89. The molecule has 136 valence electrons. The standard InChI is InChI=1S/C17H18N4O4S/c1-21(17-18-8-10(26-17)4-5-15(22)23)16-11-6-13(24-2)14(25-3)7-12(11)19-9-20-16/h6-9H,4-5H2,1-3H3,(H,22,23). The molecule has 0 fully saturated rings. The number of rotatable bonds is 7. The van der Waals surface area contributed by atoms with Gasteiger partial charge in [-0.05, 0) is 12.5 Å². The van der Waals surface area contributed by atoms with E-state index < -0.39 is 5.97 Å². The van der Waals surface area contributed by atoms with Crippen molar-refractivity contribution in [1.82, 2.24) is 15.0 Å². The Balaban J connectivity index is 1.97. The molecule has 0 aliphatic carbocycles. The summed E-state index contributed by atoms with van der Waals surface area (Å²) in [6.07, 6.45) is 3.72. The van der Waals surface area contributed by atoms with E-state index in [2.05, 4.69) is 15.0 Å². The maximum atomic E-state index is 10.7. The second-order valence-corrected chi connectivity index (χ2v) is 6.58. The molecule has 3 rings (SSSR count). The number of aliphatic carboxylic acids is 1. The quantitative estimate of drug-likeness (QED) is 0.674. The van der Waals surface area contributed by atoms with Crippen molar-refractivity contribution in [2.45, 2.75) is 12.8 Å². The fourth-order valence-electron chi connectivity index (χ4n) is 2.53. The highest BCUT2D eigenvalue weighted by Crippen LogP contribution is 2.37. The Morgan fingerprint density at radius 1 is 1.19 bits per heavy atom. The topological polar surface area (TPSA) is 97.7 Å². The van der Waals surface area contributed by atoms with Gasteiger partial charge in [-0.25, -0.2) is 15.0 Å². The molecule has 2 aromatic heterocycles. The van der Waals surface area contributed by atoms with Crippen LogP contribution in [0.15, 0.2) is 24.7 Å². The molecule has 3 aromatic rings. The van der Waals surface area contributed by atoms with Crippen molar-refractivity contribution in [2.24, 2.45) is 0 Å². The fraction of sp³-hybridized carbons (Fsp3) is 0.294. The molecule has 26 heavy (non-hydrogen) atoms. The number of benzene rings is 1. The van der Waals surface area contributed by atoms with Gasteiger partial charge in [-0.2, -0.15) is 0 Å². The molecule has 2 heterocycles. The minimum atomic E-state index is -0.823. The summed E-state index contributed by atoms with van der Waals surface area (Å²) in [4.78, 5) is 26.6. The summed E-state index contributed by atoms with van der Waals surface area (Å²) < 4.78 is 10.7. The van der Waals surface area contributed by atoms with E-state index in [4.69, 9.17) is 14.6 Å². The van der Waals surface area contributed by atoms with Gasteiger partial charge in [0.1, 0.15) is 12.1 Å². The average Bonchev–Trinajstić information content (AvgIpc) is 3.13. The molecule has 0 bridgehead atoms. The van der Waals surface area contributed by atoms with Gasteiger partial charge in [0.15, 0.2) is 16.6 Å². The first-order valence-corrected chi connectivity index (χ1v) is 8.62. The average molecular weight is 374 g/mol.